The molecule has 0 spiro atoms. The predicted molar refractivity (Wildman–Crippen MR) is 104 cm³/mol. The number of carbonyl (C=O) groups excluding carboxylic acids is 3. The number of nitrogens with zero attached hydrogens (tertiary/aromatic N) is 2. The van der Waals surface area contributed by atoms with Crippen LogP contribution in [0.15, 0.2) is 29.1 Å². The molecule has 0 aliphatic rings. The van der Waals surface area contributed by atoms with Crippen molar-refractivity contribution < 1.29 is 19.1 Å². The molecule has 0 aliphatic heterocycles. The van der Waals surface area contributed by atoms with E-state index in [1.165, 1.54) is 4.57 Å². The van der Waals surface area contributed by atoms with Gasteiger partial charge in [0.15, 0.2) is 6.61 Å². The van der Waals surface area contributed by atoms with Gasteiger partial charge in [-0.1, -0.05) is 26.0 Å². The molecule has 0 aliphatic carbocycles. The predicted octanol–water partition coefficient (Wildman–Crippen LogP) is 1.38. The highest BCUT2D eigenvalue weighted by molar-refractivity contribution is 5.95. The number of ether oxygens (including phenoxy) is 1. The smallest absolute Gasteiger partial charge is 0.329 e. The number of aromatic nitrogens is 2. The first kappa shape index (κ1) is 21.2. The zero-order valence-corrected chi connectivity index (χ0v) is 16.2. The number of benzene rings is 1. The summed E-state index contributed by atoms with van der Waals surface area (Å²) in [7, 11) is 0. The molecule has 0 saturated heterocycles. The Labute approximate surface area is 162 Å². The molecule has 152 valence electrons. The van der Waals surface area contributed by atoms with Gasteiger partial charge in [0.05, 0.1) is 17.5 Å². The summed E-state index contributed by atoms with van der Waals surface area (Å²) < 4.78 is 8.10. The first-order valence-corrected chi connectivity index (χ1v) is 9.39. The highest BCUT2D eigenvalue weighted by Crippen LogP contribution is 2.13. The van der Waals surface area contributed by atoms with Gasteiger partial charge in [0.25, 0.3) is 5.91 Å². The van der Waals surface area contributed by atoms with E-state index >= 15 is 0 Å². The number of rotatable bonds is 9. The van der Waals surface area contributed by atoms with Crippen LogP contribution >= 0.6 is 0 Å². The molecule has 2 N–H and O–H groups in total. The quantitative estimate of drug-likeness (QED) is 0.629. The summed E-state index contributed by atoms with van der Waals surface area (Å²) >= 11 is 0. The van der Waals surface area contributed by atoms with Crippen LogP contribution in [0.1, 0.15) is 33.1 Å². The molecule has 2 aromatic rings. The monoisotopic (exact) mass is 390 g/mol. The first-order chi connectivity index (χ1) is 13.5. The second-order valence-corrected chi connectivity index (χ2v) is 6.29. The number of amides is 3. The second kappa shape index (κ2) is 10.3. The molecule has 3 amide bonds. The van der Waals surface area contributed by atoms with Crippen molar-refractivity contribution in [1.82, 2.24) is 19.8 Å². The Morgan fingerprint density at radius 1 is 1.00 bits per heavy atom. The highest BCUT2D eigenvalue weighted by atomic mass is 16.5. The van der Waals surface area contributed by atoms with E-state index < -0.39 is 24.5 Å². The largest absolute Gasteiger partial charge is 0.456 e. The number of aryl methyl sites for hydroxylation is 2. The van der Waals surface area contributed by atoms with Crippen molar-refractivity contribution in [3.05, 3.63) is 34.7 Å². The molecule has 9 nitrogen and oxygen atoms in total. The van der Waals surface area contributed by atoms with Crippen LogP contribution < -0.4 is 16.3 Å². The van der Waals surface area contributed by atoms with Gasteiger partial charge in [-0.2, -0.15) is 0 Å². The summed E-state index contributed by atoms with van der Waals surface area (Å²) in [6.45, 7) is 4.51. The lowest BCUT2D eigenvalue weighted by atomic mass is 10.3. The molecular formula is C19H26N4O5. The van der Waals surface area contributed by atoms with Crippen LogP contribution in [-0.2, 0) is 27.4 Å². The fraction of sp³-hybridized carbons (Fsp3) is 0.474. The number of nitrogens with one attached hydrogen (secondary N) is 2. The maximum absolute atomic E-state index is 12.6. The molecule has 0 fully saturated rings. The van der Waals surface area contributed by atoms with Crippen molar-refractivity contribution in [3.8, 4) is 0 Å². The van der Waals surface area contributed by atoms with Crippen molar-refractivity contribution in [3.63, 3.8) is 0 Å². The molecule has 0 unspecified atom stereocenters. The van der Waals surface area contributed by atoms with Crippen molar-refractivity contribution in [2.75, 3.05) is 13.2 Å². The number of esters is 1. The zero-order valence-electron chi connectivity index (χ0n) is 16.2. The van der Waals surface area contributed by atoms with Crippen molar-refractivity contribution in [2.24, 2.45) is 0 Å². The van der Waals surface area contributed by atoms with Crippen LogP contribution in [0.25, 0.3) is 11.0 Å². The Morgan fingerprint density at radius 3 is 2.25 bits per heavy atom. The Hall–Kier alpha value is -3.10. The summed E-state index contributed by atoms with van der Waals surface area (Å²) in [4.78, 5) is 47.5. The van der Waals surface area contributed by atoms with E-state index in [4.69, 9.17) is 4.74 Å². The van der Waals surface area contributed by atoms with Crippen LogP contribution in [0.4, 0.5) is 4.79 Å². The van der Waals surface area contributed by atoms with Gasteiger partial charge in [-0.05, 0) is 25.0 Å². The molecule has 0 saturated carbocycles. The van der Waals surface area contributed by atoms with E-state index in [-0.39, 0.29) is 18.7 Å². The van der Waals surface area contributed by atoms with Crippen LogP contribution in [0.3, 0.4) is 0 Å². The molecule has 1 aromatic carbocycles. The first-order valence-electron chi connectivity index (χ1n) is 9.39. The Bertz CT molecular complexity index is 899. The topological polar surface area (TPSA) is 111 Å². The number of hydrogen-bond donors (Lipinski definition) is 2. The van der Waals surface area contributed by atoms with Gasteiger partial charge in [-0.15, -0.1) is 0 Å². The van der Waals surface area contributed by atoms with Crippen LogP contribution in [0.2, 0.25) is 0 Å². The van der Waals surface area contributed by atoms with E-state index in [0.29, 0.717) is 13.1 Å². The third-order valence-electron chi connectivity index (χ3n) is 4.06. The Kier molecular flexibility index (Phi) is 7.79. The number of fused-ring (bicyclic) bond motifs is 1. The number of imide groups is 1. The molecule has 28 heavy (non-hydrogen) atoms. The van der Waals surface area contributed by atoms with Gasteiger partial charge in [0.1, 0.15) is 0 Å². The van der Waals surface area contributed by atoms with Crippen LogP contribution in [0, 0.1) is 0 Å². The minimum absolute atomic E-state index is 0.0602. The van der Waals surface area contributed by atoms with Gasteiger partial charge in [-0.3, -0.25) is 24.0 Å². The average molecular weight is 390 g/mol. The number of urea groups is 1. The Morgan fingerprint density at radius 2 is 1.64 bits per heavy atom. The lowest BCUT2D eigenvalue weighted by Crippen LogP contribution is -2.41. The molecule has 0 bridgehead atoms. The average Bonchev–Trinajstić information content (AvgIpc) is 2.95. The summed E-state index contributed by atoms with van der Waals surface area (Å²) in [5, 5.41) is 4.55. The maximum atomic E-state index is 12.6. The van der Waals surface area contributed by atoms with Crippen LogP contribution in [0.5, 0.6) is 0 Å². The van der Waals surface area contributed by atoms with Gasteiger partial charge < -0.3 is 10.1 Å². The Balaban J connectivity index is 1.91. The van der Waals surface area contributed by atoms with Gasteiger partial charge in [-0.25, -0.2) is 9.59 Å². The van der Waals surface area contributed by atoms with Crippen molar-refractivity contribution >= 4 is 28.9 Å². The number of para-hydroxylation sites is 2. The van der Waals surface area contributed by atoms with E-state index in [9.17, 15) is 19.2 Å². The second-order valence-electron chi connectivity index (χ2n) is 6.29. The molecule has 2 rings (SSSR count). The lowest BCUT2D eigenvalue weighted by Gasteiger charge is -2.07. The van der Waals surface area contributed by atoms with Gasteiger partial charge in [0.2, 0.25) is 0 Å². The summed E-state index contributed by atoms with van der Waals surface area (Å²) in [6, 6.07) is 6.77. The third-order valence-corrected chi connectivity index (χ3v) is 4.06. The van der Waals surface area contributed by atoms with Crippen LogP contribution in [-0.4, -0.2) is 40.2 Å². The van der Waals surface area contributed by atoms with Gasteiger partial charge >= 0.3 is 17.7 Å². The number of hydrogen-bond acceptors (Lipinski definition) is 5. The molecule has 9 heteroatoms. The lowest BCUT2D eigenvalue weighted by molar-refractivity contribution is -0.148. The summed E-state index contributed by atoms with van der Waals surface area (Å²) in [5.74, 6) is -1.33. The van der Waals surface area contributed by atoms with Gasteiger partial charge in [0, 0.05) is 19.6 Å². The number of imidazole rings is 1. The molecular weight excluding hydrogens is 364 g/mol. The minimum Gasteiger partial charge on any atom is -0.456 e. The fourth-order valence-corrected chi connectivity index (χ4v) is 2.79. The molecule has 0 radical (unpaired) electrons. The van der Waals surface area contributed by atoms with E-state index in [1.54, 1.807) is 4.57 Å². The normalized spacial score (nSPS) is 10.6. The van der Waals surface area contributed by atoms with E-state index in [1.807, 2.05) is 38.1 Å². The molecule has 1 aromatic heterocycles. The summed E-state index contributed by atoms with van der Waals surface area (Å²) in [6.07, 6.45) is 1.50. The highest BCUT2D eigenvalue weighted by Gasteiger charge is 2.15. The number of carbonyl (C=O) groups is 3. The summed E-state index contributed by atoms with van der Waals surface area (Å²) in [5.41, 5.74) is 1.39. The standard InChI is InChI=1S/C19H26N4O5/c1-3-10-20-18(26)21-16(24)13-28-17(25)9-12-23-15-8-6-5-7-14(15)22(11-4-2)19(23)27/h5-8H,3-4,9-13H2,1-2H3,(H2,20,21,24,26). The fourth-order valence-electron chi connectivity index (χ4n) is 2.79. The zero-order chi connectivity index (χ0) is 20.5. The molecule has 1 heterocycles. The third kappa shape index (κ3) is 5.45. The van der Waals surface area contributed by atoms with E-state index in [2.05, 4.69) is 10.6 Å². The SMILES string of the molecule is CCCNC(=O)NC(=O)COC(=O)CCn1c(=O)n(CCC)c2ccccc21. The van der Waals surface area contributed by atoms with Crippen molar-refractivity contribution in [2.45, 2.75) is 46.2 Å². The molecule has 0 atom stereocenters. The van der Waals surface area contributed by atoms with E-state index in [0.717, 1.165) is 23.9 Å². The minimum atomic E-state index is -0.710. The maximum Gasteiger partial charge on any atom is 0.329 e. The van der Waals surface area contributed by atoms with Crippen molar-refractivity contribution in [1.29, 1.82) is 0 Å².